The summed E-state index contributed by atoms with van der Waals surface area (Å²) in [7, 11) is 0. The van der Waals surface area contributed by atoms with Gasteiger partial charge in [-0.15, -0.1) is 11.3 Å². The van der Waals surface area contributed by atoms with E-state index in [1.807, 2.05) is 11.3 Å². The van der Waals surface area contributed by atoms with Gasteiger partial charge in [-0.1, -0.05) is 158 Å². The molecule has 4 heteroatoms. The molecule has 7 aromatic rings. The fraction of sp³-hybridized carbons (Fsp3) is 0.387. The lowest BCUT2D eigenvalue weighted by atomic mass is 9.33. The van der Waals surface area contributed by atoms with E-state index in [4.69, 9.17) is 0 Å². The lowest BCUT2D eigenvalue weighted by molar-refractivity contribution is 0.332. The van der Waals surface area contributed by atoms with Crippen LogP contribution in [0.3, 0.4) is 0 Å². The molecule has 2 nitrogen and oxygen atoms in total. The van der Waals surface area contributed by atoms with Gasteiger partial charge >= 0.3 is 0 Å². The van der Waals surface area contributed by atoms with Crippen molar-refractivity contribution in [2.24, 2.45) is 0 Å². The molecule has 0 amide bonds. The first-order chi connectivity index (χ1) is 30.9. The van der Waals surface area contributed by atoms with Gasteiger partial charge in [0.25, 0.3) is 6.71 Å². The van der Waals surface area contributed by atoms with Crippen LogP contribution in [-0.2, 0) is 32.5 Å². The molecule has 0 unspecified atom stereocenters. The first-order valence-electron chi connectivity index (χ1n) is 24.8. The van der Waals surface area contributed by atoms with E-state index in [0.29, 0.717) is 0 Å². The average molecular weight is 885 g/mol. The van der Waals surface area contributed by atoms with E-state index in [1.54, 1.807) is 0 Å². The predicted octanol–water partition coefficient (Wildman–Crippen LogP) is 15.9. The summed E-state index contributed by atoms with van der Waals surface area (Å²) in [6.07, 6.45) is 4.75. The zero-order valence-electron chi connectivity index (χ0n) is 42.2. The second-order valence-electron chi connectivity index (χ2n) is 25.2. The van der Waals surface area contributed by atoms with Crippen molar-refractivity contribution in [3.8, 4) is 11.1 Å². The highest BCUT2D eigenvalue weighted by Crippen LogP contribution is 2.54. The number of anilines is 6. The first kappa shape index (κ1) is 43.5. The van der Waals surface area contributed by atoms with Crippen molar-refractivity contribution in [3.05, 3.63) is 149 Å². The van der Waals surface area contributed by atoms with Gasteiger partial charge in [0.2, 0.25) is 0 Å². The number of rotatable bonds is 3. The van der Waals surface area contributed by atoms with Crippen molar-refractivity contribution >= 4 is 78.0 Å². The summed E-state index contributed by atoms with van der Waals surface area (Å²) < 4.78 is 1.40. The van der Waals surface area contributed by atoms with Crippen LogP contribution < -0.4 is 26.2 Å². The van der Waals surface area contributed by atoms with E-state index in [0.717, 1.165) is 0 Å². The largest absolute Gasteiger partial charge is 0.311 e. The molecule has 2 aliphatic heterocycles. The molecule has 6 aromatic carbocycles. The SMILES string of the molecule is CC(C)(C)c1ccc(N2c3cc4c(cc3B3c5c2cc(-c2ccccc2)cc5N(c2ccc(C(C)(C)C)cc2)c2sc5cc6c(cc5c23)C(C)(C)CCC6(C)C)C(C)(C)CCC4(C)C)cc1. The van der Waals surface area contributed by atoms with Crippen molar-refractivity contribution in [3.63, 3.8) is 0 Å². The molecule has 0 bridgehead atoms. The van der Waals surface area contributed by atoms with Gasteiger partial charge in [0.1, 0.15) is 0 Å². The van der Waals surface area contributed by atoms with Gasteiger partial charge in [0, 0.05) is 33.1 Å². The molecule has 0 saturated heterocycles. The van der Waals surface area contributed by atoms with E-state index >= 15 is 0 Å². The Kier molecular flexibility index (Phi) is 9.39. The van der Waals surface area contributed by atoms with Gasteiger partial charge in [-0.25, -0.2) is 0 Å². The quantitative estimate of drug-likeness (QED) is 0.163. The van der Waals surface area contributed by atoms with E-state index in [2.05, 4.69) is 222 Å². The molecule has 0 radical (unpaired) electrons. The molecule has 1 aromatic heterocycles. The van der Waals surface area contributed by atoms with E-state index in [1.165, 1.54) is 130 Å². The van der Waals surface area contributed by atoms with Gasteiger partial charge in [0.15, 0.2) is 0 Å². The van der Waals surface area contributed by atoms with Crippen LogP contribution in [0.2, 0.25) is 0 Å². The Labute approximate surface area is 400 Å². The Morgan fingerprint density at radius 3 is 1.42 bits per heavy atom. The molecule has 0 fully saturated rings. The highest BCUT2D eigenvalue weighted by atomic mass is 32.1. The van der Waals surface area contributed by atoms with Gasteiger partial charge in [-0.05, 0) is 179 Å². The third kappa shape index (κ3) is 6.62. The highest BCUT2D eigenvalue weighted by molar-refractivity contribution is 7.26. The summed E-state index contributed by atoms with van der Waals surface area (Å²) in [5, 5.41) is 2.78. The molecule has 0 saturated carbocycles. The Hall–Kier alpha value is -5.06. The zero-order valence-corrected chi connectivity index (χ0v) is 43.0. The van der Waals surface area contributed by atoms with Crippen LogP contribution in [0.15, 0.2) is 115 Å². The number of hydrogen-bond acceptors (Lipinski definition) is 3. The van der Waals surface area contributed by atoms with Crippen LogP contribution in [0, 0.1) is 0 Å². The minimum Gasteiger partial charge on any atom is -0.311 e. The van der Waals surface area contributed by atoms with Crippen LogP contribution in [-0.4, -0.2) is 6.71 Å². The molecule has 66 heavy (non-hydrogen) atoms. The van der Waals surface area contributed by atoms with Crippen LogP contribution in [0.4, 0.5) is 33.4 Å². The fourth-order valence-electron chi connectivity index (χ4n) is 12.2. The van der Waals surface area contributed by atoms with E-state index < -0.39 is 0 Å². The average Bonchev–Trinajstić information content (AvgIpc) is 3.64. The van der Waals surface area contributed by atoms with E-state index in [9.17, 15) is 0 Å². The summed E-state index contributed by atoms with van der Waals surface area (Å²) in [5.74, 6) is 0. The Bertz CT molecular complexity index is 3090. The summed E-state index contributed by atoms with van der Waals surface area (Å²) in [6.45, 7) is 33.9. The smallest absolute Gasteiger partial charge is 0.254 e. The number of thiophene rings is 1. The number of hydrogen-bond donors (Lipinski definition) is 0. The van der Waals surface area contributed by atoms with Crippen LogP contribution in [0.5, 0.6) is 0 Å². The topological polar surface area (TPSA) is 6.48 Å². The van der Waals surface area contributed by atoms with Crippen molar-refractivity contribution in [1.82, 2.24) is 0 Å². The third-order valence-electron chi connectivity index (χ3n) is 16.7. The van der Waals surface area contributed by atoms with Crippen LogP contribution in [0.25, 0.3) is 21.2 Å². The lowest BCUT2D eigenvalue weighted by Crippen LogP contribution is -2.61. The number of fused-ring (bicyclic) bond motifs is 8. The Morgan fingerprint density at radius 2 is 0.909 bits per heavy atom. The number of nitrogens with zero attached hydrogens (tertiary/aromatic N) is 2. The Morgan fingerprint density at radius 1 is 0.455 bits per heavy atom. The summed E-state index contributed by atoms with van der Waals surface area (Å²) in [5.41, 5.74) is 22.3. The molecule has 0 N–H and O–H groups in total. The van der Waals surface area contributed by atoms with Crippen LogP contribution >= 0.6 is 11.3 Å². The molecule has 0 spiro atoms. The number of benzene rings is 6. The predicted molar refractivity (Wildman–Crippen MR) is 289 cm³/mol. The summed E-state index contributed by atoms with van der Waals surface area (Å²) >= 11 is 2.02. The third-order valence-corrected chi connectivity index (χ3v) is 17.9. The van der Waals surface area contributed by atoms with Gasteiger partial charge < -0.3 is 9.80 Å². The summed E-state index contributed by atoms with van der Waals surface area (Å²) in [4.78, 5) is 5.33. The molecular weight excluding hydrogens is 816 g/mol. The molecule has 4 aliphatic rings. The van der Waals surface area contributed by atoms with Gasteiger partial charge in [-0.3, -0.25) is 0 Å². The molecule has 3 heterocycles. The normalized spacial score (nSPS) is 18.6. The molecule has 336 valence electrons. The van der Waals surface area contributed by atoms with Crippen LogP contribution in [0.1, 0.15) is 156 Å². The monoisotopic (exact) mass is 885 g/mol. The Balaban J connectivity index is 1.30. The second-order valence-corrected chi connectivity index (χ2v) is 26.2. The van der Waals surface area contributed by atoms with Crippen molar-refractivity contribution in [2.45, 2.75) is 155 Å². The van der Waals surface area contributed by atoms with Gasteiger partial charge in [-0.2, -0.15) is 0 Å². The van der Waals surface area contributed by atoms with Gasteiger partial charge in [0.05, 0.1) is 5.00 Å². The van der Waals surface area contributed by atoms with Crippen molar-refractivity contribution < 1.29 is 0 Å². The standard InChI is InChI=1S/C62H69BN2S/c1-57(2,3)40-20-24-42(25-21-40)64-50-36-47-46(60(9,10)29-30-61(47,11)12)35-49(50)63-54-44-34-45-48(62(13,14)31-28-59(45,7)8)37-53(44)66-56(54)65(43-26-22-41(23-27-43)58(4,5)6)52-33-39(32-51(64)55(52)63)38-18-16-15-17-19-38/h15-27,32-37H,28-31H2,1-14H3. The highest BCUT2D eigenvalue weighted by Gasteiger charge is 2.49. The minimum atomic E-state index is 0.0395. The van der Waals surface area contributed by atoms with Crippen molar-refractivity contribution in [1.29, 1.82) is 0 Å². The molecule has 11 rings (SSSR count). The maximum Gasteiger partial charge on any atom is 0.254 e. The molecule has 2 aliphatic carbocycles. The fourth-order valence-corrected chi connectivity index (χ4v) is 13.5. The zero-order chi connectivity index (χ0) is 46.7. The maximum atomic E-state index is 2.71. The second kappa shape index (κ2) is 14.2. The van der Waals surface area contributed by atoms with E-state index in [-0.39, 0.29) is 39.2 Å². The molecule has 0 atom stereocenters. The minimum absolute atomic E-state index is 0.0395. The summed E-state index contributed by atoms with van der Waals surface area (Å²) in [6, 6.07) is 45.9. The lowest BCUT2D eigenvalue weighted by Gasteiger charge is -2.47. The van der Waals surface area contributed by atoms with Crippen molar-refractivity contribution in [2.75, 3.05) is 9.80 Å². The molecular formula is C62H69BN2S. The maximum absolute atomic E-state index is 2.71. The first-order valence-corrected chi connectivity index (χ1v) is 25.6.